The van der Waals surface area contributed by atoms with E-state index in [0.717, 1.165) is 23.2 Å². The van der Waals surface area contributed by atoms with Gasteiger partial charge in [-0.2, -0.15) is 0 Å². The lowest BCUT2D eigenvalue weighted by molar-refractivity contribution is 0.415. The number of benzene rings is 1. The normalized spacial score (nSPS) is 14.5. The fourth-order valence-corrected chi connectivity index (χ4v) is 2.40. The van der Waals surface area contributed by atoms with Crippen LogP contribution < -0.4 is 10.5 Å². The van der Waals surface area contributed by atoms with Crippen molar-refractivity contribution in [2.45, 2.75) is 25.1 Å². The number of imidazole rings is 1. The minimum atomic E-state index is -0.817. The Kier molecular flexibility index (Phi) is 4.09. The molecule has 104 valence electrons. The number of nitrogens with two attached hydrogens (primary N) is 1. The van der Waals surface area contributed by atoms with Gasteiger partial charge < -0.3 is 15.0 Å². The molecule has 0 saturated heterocycles. The quantitative estimate of drug-likeness (QED) is 0.907. The molecule has 1 aromatic carbocycles. The molecule has 2 atom stereocenters. The molecule has 0 bridgehead atoms. The highest BCUT2D eigenvalue weighted by Gasteiger charge is 2.12. The number of fused-ring (bicyclic) bond motifs is 1. The van der Waals surface area contributed by atoms with E-state index in [9.17, 15) is 4.21 Å². The summed E-state index contributed by atoms with van der Waals surface area (Å²) in [5.41, 5.74) is 7.74. The predicted molar refractivity (Wildman–Crippen MR) is 78.8 cm³/mol. The molecule has 2 N–H and O–H groups in total. The van der Waals surface area contributed by atoms with Crippen LogP contribution in [-0.4, -0.2) is 32.4 Å². The first-order chi connectivity index (χ1) is 9.02. The number of aromatic nitrogens is 2. The molecule has 6 heteroatoms. The Balaban J connectivity index is 2.30. The van der Waals surface area contributed by atoms with Gasteiger partial charge in [0, 0.05) is 34.9 Å². The summed E-state index contributed by atoms with van der Waals surface area (Å²) in [5, 5.41) is 0.141. The topological polar surface area (TPSA) is 70.1 Å². The smallest absolute Gasteiger partial charge is 0.201 e. The number of aryl methyl sites for hydroxylation is 1. The lowest BCUT2D eigenvalue weighted by Crippen LogP contribution is -2.14. The van der Waals surface area contributed by atoms with Gasteiger partial charge in [0.15, 0.2) is 0 Å². The Morgan fingerprint density at radius 2 is 2.26 bits per heavy atom. The third-order valence-corrected chi connectivity index (χ3v) is 4.68. The maximum absolute atomic E-state index is 11.4. The molecule has 0 amide bonds. The third-order valence-electron chi connectivity index (χ3n) is 3.31. The van der Waals surface area contributed by atoms with Crippen molar-refractivity contribution in [1.29, 1.82) is 0 Å². The van der Waals surface area contributed by atoms with Crippen LogP contribution >= 0.6 is 0 Å². The first-order valence-electron chi connectivity index (χ1n) is 6.15. The van der Waals surface area contributed by atoms with Crippen LogP contribution in [0.1, 0.15) is 13.3 Å². The molecule has 0 aliphatic heterocycles. The molecule has 2 aromatic rings. The molecule has 1 aromatic heterocycles. The Bertz CT molecular complexity index is 609. The second kappa shape index (κ2) is 5.61. The Morgan fingerprint density at radius 1 is 1.53 bits per heavy atom. The molecule has 19 heavy (non-hydrogen) atoms. The second-order valence-electron chi connectivity index (χ2n) is 4.57. The van der Waals surface area contributed by atoms with Gasteiger partial charge in [-0.3, -0.25) is 4.21 Å². The van der Waals surface area contributed by atoms with E-state index < -0.39 is 10.8 Å². The maximum atomic E-state index is 11.4. The molecule has 0 spiro atoms. The van der Waals surface area contributed by atoms with Gasteiger partial charge in [0.05, 0.1) is 18.1 Å². The number of nitrogens with zero attached hydrogens (tertiary/aromatic N) is 2. The maximum Gasteiger partial charge on any atom is 0.201 e. The minimum Gasteiger partial charge on any atom is -0.497 e. The van der Waals surface area contributed by atoms with E-state index in [0.29, 0.717) is 12.5 Å². The molecule has 0 saturated carbocycles. The lowest BCUT2D eigenvalue weighted by Gasteiger charge is -2.11. The van der Waals surface area contributed by atoms with Gasteiger partial charge in [0.25, 0.3) is 0 Å². The number of nitrogen functional groups attached to an aromatic ring is 1. The van der Waals surface area contributed by atoms with Crippen LogP contribution in [0.4, 0.5) is 5.95 Å². The van der Waals surface area contributed by atoms with Gasteiger partial charge in [-0.15, -0.1) is 0 Å². The second-order valence-corrected chi connectivity index (χ2v) is 6.38. The standard InChI is InChI=1S/C13H19N3O2S/c1-9(19(3)17)6-7-16-12-8-10(18-2)4-5-11(12)15-13(16)14/h4-5,8-9H,6-7H2,1-3H3,(H2,14,15). The summed E-state index contributed by atoms with van der Waals surface area (Å²) < 4.78 is 18.6. The molecule has 0 radical (unpaired) electrons. The van der Waals surface area contributed by atoms with E-state index in [1.54, 1.807) is 13.4 Å². The van der Waals surface area contributed by atoms with Gasteiger partial charge in [-0.05, 0) is 18.6 Å². The van der Waals surface area contributed by atoms with Gasteiger partial charge in [-0.25, -0.2) is 4.98 Å². The van der Waals surface area contributed by atoms with Crippen molar-refractivity contribution in [3.8, 4) is 5.75 Å². The SMILES string of the molecule is COc1ccc2nc(N)n(CCC(C)S(C)=O)c2c1. The summed E-state index contributed by atoms with van der Waals surface area (Å²) in [6, 6.07) is 5.68. The Labute approximate surface area is 115 Å². The summed E-state index contributed by atoms with van der Waals surface area (Å²) in [6.07, 6.45) is 2.53. The fourth-order valence-electron chi connectivity index (χ4n) is 1.96. The van der Waals surface area contributed by atoms with Crippen LogP contribution in [0.15, 0.2) is 18.2 Å². The number of methoxy groups -OCH3 is 1. The molecule has 2 unspecified atom stereocenters. The molecular weight excluding hydrogens is 262 g/mol. The van der Waals surface area contributed by atoms with E-state index in [1.807, 2.05) is 29.7 Å². The van der Waals surface area contributed by atoms with Gasteiger partial charge in [-0.1, -0.05) is 6.92 Å². The zero-order chi connectivity index (χ0) is 14.0. The van der Waals surface area contributed by atoms with E-state index in [4.69, 9.17) is 10.5 Å². The number of ether oxygens (including phenoxy) is 1. The van der Waals surface area contributed by atoms with E-state index in [-0.39, 0.29) is 5.25 Å². The fraction of sp³-hybridized carbons (Fsp3) is 0.462. The number of hydrogen-bond acceptors (Lipinski definition) is 4. The lowest BCUT2D eigenvalue weighted by atomic mass is 10.3. The summed E-state index contributed by atoms with van der Waals surface area (Å²) in [7, 11) is 0.815. The highest BCUT2D eigenvalue weighted by Crippen LogP contribution is 2.23. The van der Waals surface area contributed by atoms with Crippen LogP contribution in [-0.2, 0) is 17.3 Å². The number of anilines is 1. The minimum absolute atomic E-state index is 0.141. The van der Waals surface area contributed by atoms with Crippen molar-refractivity contribution >= 4 is 27.8 Å². The first-order valence-corrected chi connectivity index (χ1v) is 7.77. The van der Waals surface area contributed by atoms with Gasteiger partial charge in [0.1, 0.15) is 5.75 Å². The summed E-state index contributed by atoms with van der Waals surface area (Å²) in [6.45, 7) is 2.68. The predicted octanol–water partition coefficient (Wildman–Crippen LogP) is 1.78. The molecule has 0 fully saturated rings. The summed E-state index contributed by atoms with van der Waals surface area (Å²) in [4.78, 5) is 4.32. The molecule has 0 aliphatic rings. The Morgan fingerprint density at radius 3 is 2.89 bits per heavy atom. The number of hydrogen-bond donors (Lipinski definition) is 1. The van der Waals surface area contributed by atoms with Gasteiger partial charge >= 0.3 is 0 Å². The monoisotopic (exact) mass is 281 g/mol. The van der Waals surface area contributed by atoms with Crippen molar-refractivity contribution < 1.29 is 8.95 Å². The highest BCUT2D eigenvalue weighted by atomic mass is 32.2. The van der Waals surface area contributed by atoms with Crippen LogP contribution in [0.5, 0.6) is 5.75 Å². The first kappa shape index (κ1) is 13.9. The van der Waals surface area contributed by atoms with Crippen molar-refractivity contribution in [3.63, 3.8) is 0 Å². The summed E-state index contributed by atoms with van der Waals surface area (Å²) in [5.74, 6) is 1.26. The molecule has 2 rings (SSSR count). The molecule has 5 nitrogen and oxygen atoms in total. The summed E-state index contributed by atoms with van der Waals surface area (Å²) >= 11 is 0. The van der Waals surface area contributed by atoms with Crippen LogP contribution in [0.25, 0.3) is 11.0 Å². The molecule has 0 aliphatic carbocycles. The largest absolute Gasteiger partial charge is 0.497 e. The average molecular weight is 281 g/mol. The zero-order valence-electron chi connectivity index (χ0n) is 11.4. The van der Waals surface area contributed by atoms with Crippen LogP contribution in [0.3, 0.4) is 0 Å². The van der Waals surface area contributed by atoms with Gasteiger partial charge in [0.2, 0.25) is 5.95 Å². The van der Waals surface area contributed by atoms with E-state index >= 15 is 0 Å². The average Bonchev–Trinajstić information content (AvgIpc) is 2.70. The Hall–Kier alpha value is -1.56. The molecular formula is C13H19N3O2S. The molecule has 1 heterocycles. The van der Waals surface area contributed by atoms with Crippen molar-refractivity contribution in [3.05, 3.63) is 18.2 Å². The highest BCUT2D eigenvalue weighted by molar-refractivity contribution is 7.84. The van der Waals surface area contributed by atoms with Crippen LogP contribution in [0, 0.1) is 0 Å². The van der Waals surface area contributed by atoms with Crippen LogP contribution in [0.2, 0.25) is 0 Å². The van der Waals surface area contributed by atoms with Crippen molar-refractivity contribution in [2.75, 3.05) is 19.1 Å². The number of rotatable bonds is 5. The van der Waals surface area contributed by atoms with E-state index in [1.165, 1.54) is 0 Å². The zero-order valence-corrected chi connectivity index (χ0v) is 12.2. The van der Waals surface area contributed by atoms with Crippen molar-refractivity contribution in [1.82, 2.24) is 9.55 Å². The van der Waals surface area contributed by atoms with E-state index in [2.05, 4.69) is 4.98 Å². The van der Waals surface area contributed by atoms with Crippen molar-refractivity contribution in [2.24, 2.45) is 0 Å². The third kappa shape index (κ3) is 2.89.